The summed E-state index contributed by atoms with van der Waals surface area (Å²) >= 11 is 1.62. The molecule has 1 atom stereocenters. The molecule has 24 heavy (non-hydrogen) atoms. The van der Waals surface area contributed by atoms with Gasteiger partial charge in [-0.3, -0.25) is 4.79 Å². The molecule has 1 unspecified atom stereocenters. The Morgan fingerprint density at radius 2 is 2.29 bits per heavy atom. The van der Waals surface area contributed by atoms with Gasteiger partial charge in [-0.05, 0) is 30.9 Å². The van der Waals surface area contributed by atoms with Crippen LogP contribution >= 0.6 is 11.3 Å². The highest BCUT2D eigenvalue weighted by atomic mass is 32.1. The Bertz CT molecular complexity index is 785. The lowest BCUT2D eigenvalue weighted by Gasteiger charge is -2.28. The van der Waals surface area contributed by atoms with Crippen LogP contribution < -0.4 is 5.32 Å². The van der Waals surface area contributed by atoms with Crippen LogP contribution in [0.25, 0.3) is 0 Å². The summed E-state index contributed by atoms with van der Waals surface area (Å²) < 4.78 is 5.06. The molecule has 0 aromatic carbocycles. The fourth-order valence-electron chi connectivity index (χ4n) is 2.75. The molecule has 0 saturated carbocycles. The van der Waals surface area contributed by atoms with Crippen molar-refractivity contribution >= 4 is 28.9 Å². The zero-order chi connectivity index (χ0) is 17.1. The summed E-state index contributed by atoms with van der Waals surface area (Å²) in [5, 5.41) is 5.26. The number of aliphatic imine (C=N–C) groups is 1. The molecule has 0 fully saturated rings. The SMILES string of the molecule is CCOC(=O)C1=C(NCc2cccs2)C2C=CC=C(C)C2=NC1=O. The normalized spacial score (nSPS) is 19.6. The first kappa shape index (κ1) is 16.4. The Morgan fingerprint density at radius 1 is 1.46 bits per heavy atom. The molecule has 1 aliphatic heterocycles. The molecule has 1 aromatic rings. The van der Waals surface area contributed by atoms with Crippen LogP contribution in [0.2, 0.25) is 0 Å². The van der Waals surface area contributed by atoms with Gasteiger partial charge >= 0.3 is 5.97 Å². The number of nitrogens with one attached hydrogen (secondary N) is 1. The number of amides is 1. The van der Waals surface area contributed by atoms with Gasteiger partial charge in [-0.1, -0.05) is 24.3 Å². The fourth-order valence-corrected chi connectivity index (χ4v) is 3.40. The summed E-state index contributed by atoms with van der Waals surface area (Å²) in [4.78, 5) is 30.0. The molecule has 0 bridgehead atoms. The summed E-state index contributed by atoms with van der Waals surface area (Å²) in [6.45, 7) is 4.38. The minimum absolute atomic E-state index is 0.00139. The number of allylic oxidation sites excluding steroid dienone is 4. The van der Waals surface area contributed by atoms with Gasteiger partial charge in [-0.15, -0.1) is 11.3 Å². The van der Waals surface area contributed by atoms with Crippen LogP contribution in [-0.4, -0.2) is 24.2 Å². The van der Waals surface area contributed by atoms with Gasteiger partial charge in [0.15, 0.2) is 0 Å². The van der Waals surface area contributed by atoms with E-state index in [1.807, 2.05) is 42.7 Å². The minimum Gasteiger partial charge on any atom is -0.462 e. The molecule has 0 saturated heterocycles. The topological polar surface area (TPSA) is 67.8 Å². The van der Waals surface area contributed by atoms with Gasteiger partial charge in [0.25, 0.3) is 5.91 Å². The zero-order valence-corrected chi connectivity index (χ0v) is 14.4. The molecule has 124 valence electrons. The van der Waals surface area contributed by atoms with Gasteiger partial charge in [0.1, 0.15) is 5.57 Å². The van der Waals surface area contributed by atoms with Gasteiger partial charge < -0.3 is 10.1 Å². The Kier molecular flexibility index (Phi) is 4.76. The van der Waals surface area contributed by atoms with Crippen LogP contribution in [0.5, 0.6) is 0 Å². The molecule has 0 radical (unpaired) electrons. The van der Waals surface area contributed by atoms with E-state index in [-0.39, 0.29) is 18.1 Å². The molecular weight excluding hydrogens is 324 g/mol. The lowest BCUT2D eigenvalue weighted by molar-refractivity contribution is -0.140. The number of fused-ring (bicyclic) bond motifs is 1. The molecule has 1 amide bonds. The minimum atomic E-state index is -0.625. The molecule has 6 heteroatoms. The largest absolute Gasteiger partial charge is 0.462 e. The molecule has 5 nitrogen and oxygen atoms in total. The lowest BCUT2D eigenvalue weighted by atomic mass is 9.85. The Morgan fingerprint density at radius 3 is 3.00 bits per heavy atom. The average Bonchev–Trinajstić information content (AvgIpc) is 3.07. The number of dihydropyridines is 1. The number of nitrogens with zero attached hydrogens (tertiary/aromatic N) is 1. The van der Waals surface area contributed by atoms with Gasteiger partial charge in [0.2, 0.25) is 0 Å². The maximum Gasteiger partial charge on any atom is 0.345 e. The first-order chi connectivity index (χ1) is 11.6. The summed E-state index contributed by atoms with van der Waals surface area (Å²) in [5.41, 5.74) is 2.18. The monoisotopic (exact) mass is 342 g/mol. The van der Waals surface area contributed by atoms with Crippen LogP contribution in [0.15, 0.2) is 57.6 Å². The van der Waals surface area contributed by atoms with E-state index in [0.717, 1.165) is 10.5 Å². The quantitative estimate of drug-likeness (QED) is 0.660. The first-order valence-corrected chi connectivity index (χ1v) is 8.65. The maximum atomic E-state index is 12.4. The number of hydrogen-bond donors (Lipinski definition) is 1. The summed E-state index contributed by atoms with van der Waals surface area (Å²) in [6.07, 6.45) is 5.77. The van der Waals surface area contributed by atoms with Gasteiger partial charge in [-0.25, -0.2) is 9.79 Å². The second-order valence-corrected chi connectivity index (χ2v) is 6.49. The molecule has 0 spiro atoms. The zero-order valence-electron chi connectivity index (χ0n) is 13.5. The van der Waals surface area contributed by atoms with E-state index in [9.17, 15) is 9.59 Å². The maximum absolute atomic E-state index is 12.4. The van der Waals surface area contributed by atoms with E-state index in [1.165, 1.54) is 0 Å². The fraction of sp³-hybridized carbons (Fsp3) is 0.278. The van der Waals surface area contributed by atoms with Crippen molar-refractivity contribution < 1.29 is 14.3 Å². The number of carbonyl (C=O) groups excluding carboxylic acids is 2. The average molecular weight is 342 g/mol. The van der Waals surface area contributed by atoms with E-state index in [1.54, 1.807) is 18.3 Å². The Labute approximate surface area is 144 Å². The summed E-state index contributed by atoms with van der Waals surface area (Å²) in [6, 6.07) is 3.97. The Hall–Kier alpha value is -2.47. The van der Waals surface area contributed by atoms with Crippen molar-refractivity contribution in [1.29, 1.82) is 0 Å². The molecule has 3 rings (SSSR count). The van der Waals surface area contributed by atoms with Gasteiger partial charge in [0.05, 0.1) is 18.2 Å². The molecule has 1 aliphatic carbocycles. The van der Waals surface area contributed by atoms with E-state index in [2.05, 4.69) is 10.3 Å². The number of ether oxygens (including phenoxy) is 1. The third kappa shape index (κ3) is 3.10. The van der Waals surface area contributed by atoms with Gasteiger partial charge in [-0.2, -0.15) is 0 Å². The third-order valence-corrected chi connectivity index (χ3v) is 4.75. The lowest BCUT2D eigenvalue weighted by Crippen LogP contribution is -2.36. The number of rotatable bonds is 5. The predicted molar refractivity (Wildman–Crippen MR) is 93.6 cm³/mol. The van der Waals surface area contributed by atoms with Crippen molar-refractivity contribution in [2.75, 3.05) is 6.61 Å². The number of carbonyl (C=O) groups is 2. The van der Waals surface area contributed by atoms with Crippen LogP contribution in [0.1, 0.15) is 18.7 Å². The molecule has 1 N–H and O–H groups in total. The second kappa shape index (κ2) is 6.97. The van der Waals surface area contributed by atoms with Crippen LogP contribution in [0, 0.1) is 5.92 Å². The van der Waals surface area contributed by atoms with Crippen molar-refractivity contribution in [3.63, 3.8) is 0 Å². The van der Waals surface area contributed by atoms with Crippen LogP contribution in [-0.2, 0) is 20.9 Å². The summed E-state index contributed by atoms with van der Waals surface area (Å²) in [5.74, 6) is -1.40. The molecule has 2 heterocycles. The smallest absolute Gasteiger partial charge is 0.345 e. The van der Waals surface area contributed by atoms with Crippen molar-refractivity contribution in [2.45, 2.75) is 20.4 Å². The van der Waals surface area contributed by atoms with E-state index in [4.69, 9.17) is 4.74 Å². The molecule has 1 aromatic heterocycles. The number of thiophene rings is 1. The predicted octanol–water partition coefficient (Wildman–Crippen LogP) is 2.77. The van der Waals surface area contributed by atoms with Crippen molar-refractivity contribution in [3.8, 4) is 0 Å². The standard InChI is InChI=1S/C18H18N2O3S/c1-3-23-18(22)14-16(19-10-12-7-5-9-24-12)13-8-4-6-11(2)15(13)20-17(14)21/h4-9,13,19H,3,10H2,1-2H3. The second-order valence-electron chi connectivity index (χ2n) is 5.46. The van der Waals surface area contributed by atoms with E-state index in [0.29, 0.717) is 18.0 Å². The first-order valence-electron chi connectivity index (χ1n) is 7.77. The van der Waals surface area contributed by atoms with Gasteiger partial charge in [0, 0.05) is 17.1 Å². The van der Waals surface area contributed by atoms with Crippen molar-refractivity contribution in [2.24, 2.45) is 10.9 Å². The van der Waals surface area contributed by atoms with Crippen molar-refractivity contribution in [3.05, 3.63) is 57.5 Å². The van der Waals surface area contributed by atoms with Crippen molar-refractivity contribution in [1.82, 2.24) is 5.32 Å². The number of esters is 1. The van der Waals surface area contributed by atoms with Crippen LogP contribution in [0.3, 0.4) is 0 Å². The Balaban J connectivity index is 1.98. The highest BCUT2D eigenvalue weighted by Crippen LogP contribution is 2.30. The molecule has 2 aliphatic rings. The number of hydrogen-bond acceptors (Lipinski definition) is 5. The van der Waals surface area contributed by atoms with Crippen LogP contribution in [0.4, 0.5) is 0 Å². The third-order valence-electron chi connectivity index (χ3n) is 3.88. The molecular formula is C18H18N2O3S. The highest BCUT2D eigenvalue weighted by Gasteiger charge is 2.36. The summed E-state index contributed by atoms with van der Waals surface area (Å²) in [7, 11) is 0. The van der Waals surface area contributed by atoms with E-state index < -0.39 is 11.9 Å². The highest BCUT2D eigenvalue weighted by molar-refractivity contribution is 7.09. The van der Waals surface area contributed by atoms with E-state index >= 15 is 0 Å².